The minimum Gasteiger partial charge on any atom is -0.383 e. The third kappa shape index (κ3) is 6.90. The van der Waals surface area contributed by atoms with Crippen molar-refractivity contribution >= 4 is 8.07 Å². The van der Waals surface area contributed by atoms with Gasteiger partial charge < -0.3 is 10.1 Å². The summed E-state index contributed by atoms with van der Waals surface area (Å²) >= 11 is 0. The molecule has 1 atom stereocenters. The van der Waals surface area contributed by atoms with E-state index in [0.29, 0.717) is 5.92 Å². The van der Waals surface area contributed by atoms with Crippen LogP contribution in [-0.2, 0) is 4.74 Å². The number of ether oxygens (including phenoxy) is 1. The lowest BCUT2D eigenvalue weighted by Gasteiger charge is -2.25. The number of rotatable bonds is 8. The zero-order valence-electron chi connectivity index (χ0n) is 13.1. The standard InChI is InChI=1S/C16H29NOSi/c1-14-7-6-8-15(11-14)16(13-19(3,4)5)12-17-9-10-18-2/h6-8,11,16-17H,9-10,12-13H2,1-5H3. The Hall–Kier alpha value is -0.643. The Kier molecular flexibility index (Phi) is 6.76. The Morgan fingerprint density at radius 1 is 1.26 bits per heavy atom. The first-order valence-electron chi connectivity index (χ1n) is 7.18. The van der Waals surface area contributed by atoms with Crippen LogP contribution in [0.5, 0.6) is 0 Å². The van der Waals surface area contributed by atoms with Crippen molar-refractivity contribution in [2.75, 3.05) is 26.8 Å². The van der Waals surface area contributed by atoms with Crippen molar-refractivity contribution < 1.29 is 4.74 Å². The SMILES string of the molecule is COCCNCC(C[Si](C)(C)C)c1cccc(C)c1. The normalized spacial score (nSPS) is 13.5. The lowest BCUT2D eigenvalue weighted by molar-refractivity contribution is 0.199. The summed E-state index contributed by atoms with van der Waals surface area (Å²) in [4.78, 5) is 0. The number of aryl methyl sites for hydroxylation is 1. The van der Waals surface area contributed by atoms with Crippen LogP contribution >= 0.6 is 0 Å². The molecule has 0 aliphatic rings. The molecule has 0 fully saturated rings. The van der Waals surface area contributed by atoms with Crippen LogP contribution in [0.1, 0.15) is 17.0 Å². The molecule has 0 saturated heterocycles. The quantitative estimate of drug-likeness (QED) is 0.579. The van der Waals surface area contributed by atoms with Gasteiger partial charge in [-0.25, -0.2) is 0 Å². The fraction of sp³-hybridized carbons (Fsp3) is 0.625. The molecule has 0 saturated carbocycles. The van der Waals surface area contributed by atoms with Crippen LogP contribution in [0.2, 0.25) is 25.7 Å². The van der Waals surface area contributed by atoms with Crippen LogP contribution in [-0.4, -0.2) is 34.9 Å². The maximum Gasteiger partial charge on any atom is 0.0587 e. The molecule has 0 heterocycles. The van der Waals surface area contributed by atoms with E-state index in [1.165, 1.54) is 17.2 Å². The average molecular weight is 280 g/mol. The van der Waals surface area contributed by atoms with Crippen molar-refractivity contribution in [2.45, 2.75) is 38.5 Å². The molecule has 1 unspecified atom stereocenters. The molecular formula is C16H29NOSi. The predicted octanol–water partition coefficient (Wildman–Crippen LogP) is 3.65. The fourth-order valence-corrected chi connectivity index (χ4v) is 4.28. The van der Waals surface area contributed by atoms with Gasteiger partial charge in [-0.05, 0) is 24.4 Å². The molecule has 0 aliphatic heterocycles. The van der Waals surface area contributed by atoms with Crippen molar-refractivity contribution in [1.29, 1.82) is 0 Å². The van der Waals surface area contributed by atoms with Crippen LogP contribution in [0.3, 0.4) is 0 Å². The molecule has 3 heteroatoms. The summed E-state index contributed by atoms with van der Waals surface area (Å²) in [6, 6.07) is 10.3. The molecule has 1 N–H and O–H groups in total. The summed E-state index contributed by atoms with van der Waals surface area (Å²) in [5, 5.41) is 3.52. The molecule has 0 aliphatic carbocycles. The fourth-order valence-electron chi connectivity index (χ4n) is 2.42. The molecule has 0 amide bonds. The first-order chi connectivity index (χ1) is 8.92. The third-order valence-electron chi connectivity index (χ3n) is 3.25. The van der Waals surface area contributed by atoms with Crippen LogP contribution in [0.15, 0.2) is 24.3 Å². The lowest BCUT2D eigenvalue weighted by Crippen LogP contribution is -2.30. The highest BCUT2D eigenvalue weighted by Crippen LogP contribution is 2.26. The van der Waals surface area contributed by atoms with Crippen molar-refractivity contribution in [3.8, 4) is 0 Å². The second-order valence-corrected chi connectivity index (χ2v) is 12.1. The molecule has 1 rings (SSSR count). The van der Waals surface area contributed by atoms with E-state index < -0.39 is 8.07 Å². The molecule has 0 aromatic heterocycles. The van der Waals surface area contributed by atoms with Crippen molar-refractivity contribution in [2.24, 2.45) is 0 Å². The summed E-state index contributed by atoms with van der Waals surface area (Å²) < 4.78 is 5.10. The van der Waals surface area contributed by atoms with E-state index in [-0.39, 0.29) is 0 Å². The number of benzene rings is 1. The van der Waals surface area contributed by atoms with Crippen LogP contribution in [0.25, 0.3) is 0 Å². The van der Waals surface area contributed by atoms with E-state index >= 15 is 0 Å². The van der Waals surface area contributed by atoms with E-state index in [9.17, 15) is 0 Å². The predicted molar refractivity (Wildman–Crippen MR) is 86.8 cm³/mol. The molecule has 2 nitrogen and oxygen atoms in total. The topological polar surface area (TPSA) is 21.3 Å². The van der Waals surface area contributed by atoms with Gasteiger partial charge in [0.15, 0.2) is 0 Å². The Bertz CT molecular complexity index is 373. The van der Waals surface area contributed by atoms with E-state index in [2.05, 4.69) is 56.1 Å². The number of nitrogens with one attached hydrogen (secondary N) is 1. The molecule has 0 spiro atoms. The van der Waals surface area contributed by atoms with Gasteiger partial charge in [-0.2, -0.15) is 0 Å². The third-order valence-corrected chi connectivity index (χ3v) is 4.96. The maximum absolute atomic E-state index is 5.10. The Morgan fingerprint density at radius 2 is 2.00 bits per heavy atom. The van der Waals surface area contributed by atoms with Gasteiger partial charge in [0.05, 0.1) is 6.61 Å². The van der Waals surface area contributed by atoms with Gasteiger partial charge in [0.25, 0.3) is 0 Å². The minimum absolute atomic E-state index is 0.628. The van der Waals surface area contributed by atoms with Crippen LogP contribution < -0.4 is 5.32 Å². The summed E-state index contributed by atoms with van der Waals surface area (Å²) in [6.07, 6.45) is 0. The van der Waals surface area contributed by atoms with Crippen molar-refractivity contribution in [1.82, 2.24) is 5.32 Å². The maximum atomic E-state index is 5.10. The number of hydrogen-bond acceptors (Lipinski definition) is 2. The van der Waals surface area contributed by atoms with E-state index in [1.54, 1.807) is 7.11 Å². The monoisotopic (exact) mass is 279 g/mol. The molecule has 0 radical (unpaired) electrons. The Morgan fingerprint density at radius 3 is 2.58 bits per heavy atom. The zero-order chi connectivity index (χ0) is 14.3. The molecule has 1 aromatic rings. The minimum atomic E-state index is -1.06. The lowest BCUT2D eigenvalue weighted by atomic mass is 9.99. The second-order valence-electron chi connectivity index (χ2n) is 6.57. The highest BCUT2D eigenvalue weighted by molar-refractivity contribution is 6.76. The van der Waals surface area contributed by atoms with E-state index in [4.69, 9.17) is 4.74 Å². The molecule has 19 heavy (non-hydrogen) atoms. The highest BCUT2D eigenvalue weighted by atomic mass is 28.3. The zero-order valence-corrected chi connectivity index (χ0v) is 14.1. The summed E-state index contributed by atoms with van der Waals surface area (Å²) in [6.45, 7) is 12.3. The summed E-state index contributed by atoms with van der Waals surface area (Å²) in [5.74, 6) is 0.628. The van der Waals surface area contributed by atoms with Crippen LogP contribution in [0, 0.1) is 6.92 Å². The first-order valence-corrected chi connectivity index (χ1v) is 10.9. The summed E-state index contributed by atoms with van der Waals surface area (Å²) in [5.41, 5.74) is 2.84. The first kappa shape index (κ1) is 16.4. The smallest absolute Gasteiger partial charge is 0.0587 e. The van der Waals surface area contributed by atoms with Crippen molar-refractivity contribution in [3.63, 3.8) is 0 Å². The Balaban J connectivity index is 2.68. The van der Waals surface area contributed by atoms with Gasteiger partial charge in [-0.15, -0.1) is 0 Å². The van der Waals surface area contributed by atoms with Crippen molar-refractivity contribution in [3.05, 3.63) is 35.4 Å². The highest BCUT2D eigenvalue weighted by Gasteiger charge is 2.21. The van der Waals surface area contributed by atoms with Gasteiger partial charge in [-0.1, -0.05) is 49.5 Å². The van der Waals surface area contributed by atoms with Gasteiger partial charge >= 0.3 is 0 Å². The van der Waals surface area contributed by atoms with E-state index in [0.717, 1.165) is 19.7 Å². The van der Waals surface area contributed by atoms with Gasteiger partial charge in [0.2, 0.25) is 0 Å². The number of methoxy groups -OCH3 is 1. The second kappa shape index (κ2) is 7.83. The average Bonchev–Trinajstić information content (AvgIpc) is 2.32. The number of hydrogen-bond donors (Lipinski definition) is 1. The van der Waals surface area contributed by atoms with Gasteiger partial charge in [0.1, 0.15) is 0 Å². The van der Waals surface area contributed by atoms with Crippen LogP contribution in [0.4, 0.5) is 0 Å². The molecule has 108 valence electrons. The van der Waals surface area contributed by atoms with E-state index in [1.807, 2.05) is 0 Å². The van der Waals surface area contributed by atoms with Gasteiger partial charge in [-0.3, -0.25) is 0 Å². The molecule has 1 aromatic carbocycles. The molecular weight excluding hydrogens is 250 g/mol. The molecule has 0 bridgehead atoms. The Labute approximate surface area is 119 Å². The van der Waals surface area contributed by atoms with Gasteiger partial charge in [0, 0.05) is 28.3 Å². The summed E-state index contributed by atoms with van der Waals surface area (Å²) in [7, 11) is 0.692. The largest absolute Gasteiger partial charge is 0.383 e.